The minimum atomic E-state index is -4.04. The Labute approximate surface area is 241 Å². The number of thiophene rings is 1. The second kappa shape index (κ2) is 14.0. The van der Waals surface area contributed by atoms with Gasteiger partial charge < -0.3 is 23.8 Å². The summed E-state index contributed by atoms with van der Waals surface area (Å²) in [6.45, 7) is 4.86. The molecule has 0 aliphatic heterocycles. The molecule has 1 aromatic heterocycles. The van der Waals surface area contributed by atoms with Gasteiger partial charge in [-0.2, -0.15) is 0 Å². The van der Waals surface area contributed by atoms with Crippen LogP contribution in [0.2, 0.25) is 0 Å². The summed E-state index contributed by atoms with van der Waals surface area (Å²) in [5, 5.41) is 8.17. The highest BCUT2D eigenvalue weighted by Crippen LogP contribution is 2.47. The molecule has 0 aliphatic rings. The van der Waals surface area contributed by atoms with Gasteiger partial charge in [-0.3, -0.25) is 9.36 Å². The Balaban J connectivity index is 1.79. The molecule has 220 valence electrons. The van der Waals surface area contributed by atoms with Crippen LogP contribution in [0.3, 0.4) is 0 Å². The fraction of sp³-hybridized carbons (Fsp3) is 0.269. The van der Waals surface area contributed by atoms with E-state index in [0.29, 0.717) is 15.7 Å². The molecule has 1 amide bonds. The number of carbonyl (C=O) groups is 3. The van der Waals surface area contributed by atoms with Gasteiger partial charge in [0, 0.05) is 4.88 Å². The number of benzene rings is 2. The zero-order valence-electron chi connectivity index (χ0n) is 22.4. The summed E-state index contributed by atoms with van der Waals surface area (Å²) < 4.78 is 57.0. The SMILES string of the molecule is CCOC(=O)c1cc(-c2ccc(P(=O)(OCC)OCC)cc2)sc1NC(=O)COC(=O)c1cccc(S(N)(=O)=O)c1. The molecule has 1 heterocycles. The highest BCUT2D eigenvalue weighted by atomic mass is 32.2. The zero-order valence-corrected chi connectivity index (χ0v) is 25.0. The Bertz CT molecular complexity index is 1560. The standard InChI is InChI=1S/C26H29N2O10PS2/c1-4-35-26(31)21-15-22(17-10-12-19(13-11-17)39(32,37-5-2)38-6-3)40-24(21)28-23(29)16-36-25(30)18-8-7-9-20(14-18)41(27,33)34/h7-15H,4-6,16H2,1-3H3,(H,28,29)(H2,27,33,34). The summed E-state index contributed by atoms with van der Waals surface area (Å²) in [5.74, 6) is -2.36. The Hall–Kier alpha value is -3.39. The molecule has 0 radical (unpaired) electrons. The number of sulfonamides is 1. The van der Waals surface area contributed by atoms with Crippen molar-refractivity contribution < 1.29 is 45.9 Å². The van der Waals surface area contributed by atoms with Gasteiger partial charge in [0.25, 0.3) is 5.91 Å². The summed E-state index contributed by atoms with van der Waals surface area (Å²) in [6, 6.07) is 13.0. The second-order valence-corrected chi connectivity index (χ2v) is 12.8. The molecular formula is C26H29N2O10PS2. The molecule has 0 bridgehead atoms. The van der Waals surface area contributed by atoms with Crippen LogP contribution < -0.4 is 15.8 Å². The lowest BCUT2D eigenvalue weighted by Gasteiger charge is -2.17. The molecule has 0 spiro atoms. The molecule has 0 atom stereocenters. The van der Waals surface area contributed by atoms with Crippen molar-refractivity contribution in [2.24, 2.45) is 5.14 Å². The number of carbonyl (C=O) groups excluding carboxylic acids is 3. The Morgan fingerprint density at radius 1 is 0.902 bits per heavy atom. The zero-order chi connectivity index (χ0) is 30.2. The van der Waals surface area contributed by atoms with E-state index in [4.69, 9.17) is 23.7 Å². The van der Waals surface area contributed by atoms with Crippen LogP contribution in [0.15, 0.2) is 59.5 Å². The van der Waals surface area contributed by atoms with Crippen molar-refractivity contribution in [1.82, 2.24) is 0 Å². The van der Waals surface area contributed by atoms with E-state index in [-0.39, 0.29) is 40.8 Å². The number of nitrogens with one attached hydrogen (secondary N) is 1. The van der Waals surface area contributed by atoms with Crippen molar-refractivity contribution in [3.8, 4) is 10.4 Å². The van der Waals surface area contributed by atoms with Crippen LogP contribution in [0.4, 0.5) is 5.00 Å². The van der Waals surface area contributed by atoms with Crippen molar-refractivity contribution in [2.45, 2.75) is 25.7 Å². The van der Waals surface area contributed by atoms with E-state index < -0.39 is 42.1 Å². The van der Waals surface area contributed by atoms with E-state index in [2.05, 4.69) is 5.32 Å². The van der Waals surface area contributed by atoms with Crippen LogP contribution in [-0.4, -0.2) is 52.7 Å². The fourth-order valence-corrected chi connectivity index (χ4v) is 6.69. The van der Waals surface area contributed by atoms with Crippen molar-refractivity contribution in [3.63, 3.8) is 0 Å². The molecule has 3 rings (SSSR count). The summed E-state index contributed by atoms with van der Waals surface area (Å²) >= 11 is 1.08. The van der Waals surface area contributed by atoms with E-state index in [1.165, 1.54) is 18.2 Å². The van der Waals surface area contributed by atoms with Crippen molar-refractivity contribution in [1.29, 1.82) is 0 Å². The highest BCUT2D eigenvalue weighted by molar-refractivity contribution is 7.89. The number of esters is 2. The molecule has 0 fully saturated rings. The third-order valence-corrected chi connectivity index (χ3v) is 9.42. The molecular weight excluding hydrogens is 595 g/mol. The van der Waals surface area contributed by atoms with E-state index in [0.717, 1.165) is 17.4 Å². The smallest absolute Gasteiger partial charge is 0.361 e. The predicted octanol–water partition coefficient (Wildman–Crippen LogP) is 3.93. The van der Waals surface area contributed by atoms with E-state index in [1.54, 1.807) is 51.1 Å². The number of rotatable bonds is 13. The maximum Gasteiger partial charge on any atom is 0.361 e. The Morgan fingerprint density at radius 3 is 2.15 bits per heavy atom. The molecule has 0 saturated carbocycles. The number of primary sulfonamides is 1. The maximum atomic E-state index is 13.0. The van der Waals surface area contributed by atoms with Crippen LogP contribution in [0.25, 0.3) is 10.4 Å². The maximum absolute atomic E-state index is 13.0. The van der Waals surface area contributed by atoms with E-state index in [1.807, 2.05) is 0 Å². The Morgan fingerprint density at radius 2 is 1.56 bits per heavy atom. The van der Waals surface area contributed by atoms with Gasteiger partial charge in [0.15, 0.2) is 6.61 Å². The first kappa shape index (κ1) is 32.1. The summed E-state index contributed by atoms with van der Waals surface area (Å²) in [4.78, 5) is 37.9. The molecule has 41 heavy (non-hydrogen) atoms. The molecule has 15 heteroatoms. The van der Waals surface area contributed by atoms with Crippen molar-refractivity contribution >= 4 is 57.1 Å². The van der Waals surface area contributed by atoms with Crippen LogP contribution in [0, 0.1) is 0 Å². The lowest BCUT2D eigenvalue weighted by Crippen LogP contribution is -2.22. The second-order valence-electron chi connectivity index (χ2n) is 8.15. The highest BCUT2D eigenvalue weighted by Gasteiger charge is 2.27. The van der Waals surface area contributed by atoms with E-state index >= 15 is 0 Å². The molecule has 3 aromatic rings. The fourth-order valence-electron chi connectivity index (χ4n) is 3.50. The monoisotopic (exact) mass is 624 g/mol. The number of hydrogen-bond acceptors (Lipinski definition) is 11. The first-order chi connectivity index (χ1) is 19.4. The van der Waals surface area contributed by atoms with Gasteiger partial charge in [-0.15, -0.1) is 11.3 Å². The van der Waals surface area contributed by atoms with Gasteiger partial charge in [-0.1, -0.05) is 18.2 Å². The van der Waals surface area contributed by atoms with Crippen LogP contribution >= 0.6 is 18.9 Å². The van der Waals surface area contributed by atoms with Gasteiger partial charge in [-0.05, 0) is 62.7 Å². The predicted molar refractivity (Wildman–Crippen MR) is 153 cm³/mol. The number of anilines is 1. The first-order valence-corrected chi connectivity index (χ1v) is 16.2. The summed E-state index contributed by atoms with van der Waals surface area (Å²) in [7, 11) is -7.53. The molecule has 2 aromatic carbocycles. The summed E-state index contributed by atoms with van der Waals surface area (Å²) in [6.07, 6.45) is 0. The van der Waals surface area contributed by atoms with Crippen molar-refractivity contribution in [2.75, 3.05) is 31.7 Å². The quantitative estimate of drug-likeness (QED) is 0.209. The van der Waals surface area contributed by atoms with Gasteiger partial charge >= 0.3 is 19.5 Å². The minimum absolute atomic E-state index is 0.0887. The number of hydrogen-bond donors (Lipinski definition) is 2. The molecule has 0 saturated heterocycles. The minimum Gasteiger partial charge on any atom is -0.462 e. The van der Waals surface area contributed by atoms with Crippen LogP contribution in [-0.2, 0) is 37.9 Å². The molecule has 0 aliphatic carbocycles. The third-order valence-electron chi connectivity index (χ3n) is 5.28. The third kappa shape index (κ3) is 8.32. The number of nitrogens with two attached hydrogens (primary N) is 1. The first-order valence-electron chi connectivity index (χ1n) is 12.3. The molecule has 0 unspecified atom stereocenters. The largest absolute Gasteiger partial charge is 0.462 e. The van der Waals surface area contributed by atoms with Gasteiger partial charge in [0.1, 0.15) is 5.00 Å². The van der Waals surface area contributed by atoms with Gasteiger partial charge in [0.05, 0.1) is 41.1 Å². The molecule has 12 nitrogen and oxygen atoms in total. The van der Waals surface area contributed by atoms with E-state index in [9.17, 15) is 27.4 Å². The van der Waals surface area contributed by atoms with Crippen molar-refractivity contribution in [3.05, 3.63) is 65.7 Å². The average Bonchev–Trinajstić information content (AvgIpc) is 3.35. The average molecular weight is 625 g/mol. The lowest BCUT2D eigenvalue weighted by molar-refractivity contribution is -0.119. The normalized spacial score (nSPS) is 11.6. The van der Waals surface area contributed by atoms with Crippen LogP contribution in [0.5, 0.6) is 0 Å². The topological polar surface area (TPSA) is 177 Å². The van der Waals surface area contributed by atoms with Gasteiger partial charge in [-0.25, -0.2) is 23.1 Å². The number of amides is 1. The number of ether oxygens (including phenoxy) is 2. The Kier molecular flexibility index (Phi) is 11.0. The molecule has 3 N–H and O–H groups in total. The summed E-state index contributed by atoms with van der Waals surface area (Å²) in [5.41, 5.74) is 0.632. The lowest BCUT2D eigenvalue weighted by atomic mass is 10.1. The van der Waals surface area contributed by atoms with Crippen LogP contribution in [0.1, 0.15) is 41.5 Å². The van der Waals surface area contributed by atoms with Gasteiger partial charge in [0.2, 0.25) is 10.0 Å².